The first-order chi connectivity index (χ1) is 35.3. The van der Waals surface area contributed by atoms with Gasteiger partial charge in [-0.2, -0.15) is 0 Å². The first-order valence-electron chi connectivity index (χ1n) is 24.7. The van der Waals surface area contributed by atoms with Crippen molar-refractivity contribution in [3.8, 4) is 23.0 Å². The number of para-hydroxylation sites is 6. The highest BCUT2D eigenvalue weighted by Crippen LogP contribution is 2.61. The second-order valence-electron chi connectivity index (χ2n) is 20.1. The van der Waals surface area contributed by atoms with Crippen LogP contribution in [0.25, 0.3) is 0 Å². The molecule has 5 aliphatic rings. The van der Waals surface area contributed by atoms with E-state index in [1.54, 1.807) is 62.1 Å². The van der Waals surface area contributed by atoms with Crippen LogP contribution in [-0.4, -0.2) is 65.5 Å². The van der Waals surface area contributed by atoms with Gasteiger partial charge in [-0.25, -0.2) is 0 Å². The van der Waals surface area contributed by atoms with E-state index < -0.39 is 37.5 Å². The lowest BCUT2D eigenvalue weighted by molar-refractivity contribution is -0.151. The van der Waals surface area contributed by atoms with Gasteiger partial charge in [-0.1, -0.05) is 91.9 Å². The van der Waals surface area contributed by atoms with Crippen LogP contribution in [0, 0.1) is 5.92 Å². The molecule has 2 N–H and O–H groups in total. The normalized spacial score (nSPS) is 21.8. The summed E-state index contributed by atoms with van der Waals surface area (Å²) in [5, 5.41) is 10.6. The molecule has 0 saturated carbocycles. The van der Waals surface area contributed by atoms with Crippen molar-refractivity contribution >= 4 is 60.4 Å². The fraction of sp³-hybridized carbons (Fsp3) is 0.220. The Balaban J connectivity index is 0.969. The number of fused-ring (bicyclic) bond motifs is 7. The molecule has 1 spiro atoms. The zero-order valence-corrected chi connectivity index (χ0v) is 41.5. The van der Waals surface area contributed by atoms with E-state index in [0.29, 0.717) is 86.7 Å². The largest absolute Gasteiger partial charge is 0.454 e. The Morgan fingerprint density at radius 3 is 1.84 bits per heavy atom. The Bertz CT molecular complexity index is 3410. The SMILES string of the molecule is C[C@@H]1[C@@H]([Si](C)(C)O)[C@H](CC(=O)N2Cc3ccccc3C[C@H]2CO)O[C@@]12C(=O)N(Cc1cccc(N3C(=O)c4ccccc4Oc4ccccc43)c1)c1ccc(N3C(=O)c4ccccc4Oc4ccccc43)cc12. The van der Waals surface area contributed by atoms with Gasteiger partial charge < -0.3 is 33.9 Å². The molecule has 5 aliphatic heterocycles. The number of anilines is 5. The van der Waals surface area contributed by atoms with Crippen molar-refractivity contribution in [1.82, 2.24) is 4.90 Å². The molecule has 5 atom stereocenters. The number of benzene rings is 7. The molecule has 73 heavy (non-hydrogen) atoms. The number of nitrogens with zero attached hydrogens (tertiary/aromatic N) is 4. The lowest BCUT2D eigenvalue weighted by Crippen LogP contribution is -2.48. The number of hydrogen-bond acceptors (Lipinski definition) is 9. The van der Waals surface area contributed by atoms with Crippen molar-refractivity contribution in [2.24, 2.45) is 5.92 Å². The van der Waals surface area contributed by atoms with Gasteiger partial charge in [-0.3, -0.25) is 29.0 Å². The fourth-order valence-electron chi connectivity index (χ4n) is 12.0. The van der Waals surface area contributed by atoms with E-state index in [1.807, 2.05) is 141 Å². The Morgan fingerprint density at radius 1 is 0.658 bits per heavy atom. The van der Waals surface area contributed by atoms with E-state index >= 15 is 4.79 Å². The Labute approximate surface area is 423 Å². The van der Waals surface area contributed by atoms with Crippen molar-refractivity contribution < 1.29 is 43.3 Å². The number of amides is 4. The molecule has 7 aromatic carbocycles. The van der Waals surface area contributed by atoms with Crippen LogP contribution >= 0.6 is 0 Å². The standard InChI is InChI=1S/C59H52N4O9Si/c1-36-55(73(2,3)69)53(32-54(65)60-34-39-17-5-4-16-38(39)30-42(60)35-64)72-59(36)45-31-41(63-48-22-9-13-26-52(48)71-50-24-11-7-20-44(50)57(63)67)27-28-46(45)61(58(59)68)33-37-15-14-18-40(29-37)62-47-21-8-12-25-51(47)70-49-23-10-6-19-43(49)56(62)66/h4-29,31,36,42,53,55,64,69H,30,32-35H2,1-3H3/t36-,42+,53+,55-,59+/m1/s1. The molecule has 366 valence electrons. The number of aliphatic hydroxyl groups excluding tert-OH is 1. The number of carbonyl (C=O) groups is 4. The molecule has 0 bridgehead atoms. The third kappa shape index (κ3) is 7.54. The maximum atomic E-state index is 16.0. The van der Waals surface area contributed by atoms with Crippen molar-refractivity contribution in [2.75, 3.05) is 21.3 Å². The molecule has 1 fully saturated rings. The minimum absolute atomic E-state index is 0.0554. The second kappa shape index (κ2) is 17.7. The summed E-state index contributed by atoms with van der Waals surface area (Å²) in [6.45, 7) is 5.69. The van der Waals surface area contributed by atoms with E-state index in [-0.39, 0.29) is 43.2 Å². The first kappa shape index (κ1) is 46.2. The summed E-state index contributed by atoms with van der Waals surface area (Å²) in [5.74, 6) is -0.0810. The third-order valence-corrected chi connectivity index (χ3v) is 17.8. The van der Waals surface area contributed by atoms with Crippen LogP contribution in [0.5, 0.6) is 23.0 Å². The second-order valence-corrected chi connectivity index (χ2v) is 24.0. The van der Waals surface area contributed by atoms with Gasteiger partial charge in [-0.05, 0) is 115 Å². The summed E-state index contributed by atoms with van der Waals surface area (Å²) in [6, 6.07) is 49.3. The average Bonchev–Trinajstić information content (AvgIpc) is 3.70. The summed E-state index contributed by atoms with van der Waals surface area (Å²) in [7, 11) is -3.28. The average molecular weight is 989 g/mol. The Hall–Kier alpha value is -7.88. The number of rotatable bonds is 8. The molecule has 13 nitrogen and oxygen atoms in total. The van der Waals surface area contributed by atoms with Gasteiger partial charge in [0.1, 0.15) is 11.5 Å². The van der Waals surface area contributed by atoms with Crippen LogP contribution in [0.3, 0.4) is 0 Å². The van der Waals surface area contributed by atoms with Gasteiger partial charge in [0, 0.05) is 34.9 Å². The molecule has 4 amide bonds. The van der Waals surface area contributed by atoms with E-state index in [0.717, 1.165) is 11.1 Å². The van der Waals surface area contributed by atoms with Crippen LogP contribution in [-0.2, 0) is 39.4 Å². The number of carbonyl (C=O) groups excluding carboxylic acids is 4. The monoisotopic (exact) mass is 988 g/mol. The van der Waals surface area contributed by atoms with Crippen molar-refractivity contribution in [3.05, 3.63) is 197 Å². The van der Waals surface area contributed by atoms with Gasteiger partial charge in [0.15, 0.2) is 25.4 Å². The molecule has 14 heteroatoms. The maximum Gasteiger partial charge on any atom is 0.266 e. The van der Waals surface area contributed by atoms with Gasteiger partial charge in [0.2, 0.25) is 5.91 Å². The smallest absolute Gasteiger partial charge is 0.266 e. The molecule has 7 aromatic rings. The first-order valence-corrected chi connectivity index (χ1v) is 27.7. The molecular formula is C59H52N4O9Si. The molecule has 0 aliphatic carbocycles. The minimum Gasteiger partial charge on any atom is -0.454 e. The van der Waals surface area contributed by atoms with E-state index in [2.05, 4.69) is 0 Å². The van der Waals surface area contributed by atoms with Crippen LogP contribution in [0.4, 0.5) is 28.4 Å². The molecule has 0 unspecified atom stereocenters. The highest BCUT2D eigenvalue weighted by molar-refractivity contribution is 6.71. The van der Waals surface area contributed by atoms with Gasteiger partial charge in [0.05, 0.1) is 59.9 Å². The van der Waals surface area contributed by atoms with Gasteiger partial charge in [0.25, 0.3) is 17.7 Å². The molecule has 12 rings (SSSR count). The van der Waals surface area contributed by atoms with Crippen LogP contribution < -0.4 is 24.2 Å². The summed E-state index contributed by atoms with van der Waals surface area (Å²) < 4.78 is 19.9. The van der Waals surface area contributed by atoms with E-state index in [9.17, 15) is 24.3 Å². The summed E-state index contributed by atoms with van der Waals surface area (Å²) in [5.41, 5.74) is 4.31. The predicted octanol–water partition coefficient (Wildman–Crippen LogP) is 10.5. The lowest BCUT2D eigenvalue weighted by Gasteiger charge is -2.37. The quantitative estimate of drug-likeness (QED) is 0.142. The third-order valence-electron chi connectivity index (χ3n) is 15.3. The van der Waals surface area contributed by atoms with Crippen molar-refractivity contribution in [3.63, 3.8) is 0 Å². The van der Waals surface area contributed by atoms with Gasteiger partial charge >= 0.3 is 0 Å². The summed E-state index contributed by atoms with van der Waals surface area (Å²) >= 11 is 0. The zero-order chi connectivity index (χ0) is 50.3. The Morgan fingerprint density at radius 2 is 1.22 bits per heavy atom. The van der Waals surface area contributed by atoms with E-state index in [1.165, 1.54) is 0 Å². The van der Waals surface area contributed by atoms with Crippen LogP contribution in [0.2, 0.25) is 18.6 Å². The van der Waals surface area contributed by atoms with Crippen LogP contribution in [0.15, 0.2) is 164 Å². The maximum absolute atomic E-state index is 16.0. The molecule has 5 heterocycles. The van der Waals surface area contributed by atoms with Gasteiger partial charge in [-0.15, -0.1) is 0 Å². The predicted molar refractivity (Wildman–Crippen MR) is 278 cm³/mol. The molecule has 1 saturated heterocycles. The fourth-order valence-corrected chi connectivity index (χ4v) is 14.6. The topological polar surface area (TPSA) is 149 Å². The number of ether oxygens (including phenoxy) is 3. The number of aliphatic hydroxyl groups is 1. The Kier molecular flexibility index (Phi) is 11.2. The summed E-state index contributed by atoms with van der Waals surface area (Å²) in [6.07, 6.45) is -0.540. The highest BCUT2D eigenvalue weighted by atomic mass is 28.4. The highest BCUT2D eigenvalue weighted by Gasteiger charge is 2.67. The zero-order valence-electron chi connectivity index (χ0n) is 40.5. The van der Waals surface area contributed by atoms with Crippen LogP contribution in [0.1, 0.15) is 56.3 Å². The lowest BCUT2D eigenvalue weighted by atomic mass is 9.82. The number of hydrogen-bond donors (Lipinski definition) is 2. The van der Waals surface area contributed by atoms with Crippen molar-refractivity contribution in [2.45, 2.75) is 69.2 Å². The van der Waals surface area contributed by atoms with E-state index in [4.69, 9.17) is 14.2 Å². The van der Waals surface area contributed by atoms with Crippen molar-refractivity contribution in [1.29, 1.82) is 0 Å². The molecule has 0 aromatic heterocycles. The minimum atomic E-state index is -3.28. The molecular weight excluding hydrogens is 937 g/mol. The molecule has 0 radical (unpaired) electrons. The summed E-state index contributed by atoms with van der Waals surface area (Å²) in [4.78, 5) is 79.0.